The van der Waals surface area contributed by atoms with E-state index in [0.29, 0.717) is 85.6 Å². The Morgan fingerprint density at radius 2 is 0.901 bits per heavy atom. The number of nitrogens with two attached hydrogens (primary N) is 1. The van der Waals surface area contributed by atoms with Gasteiger partial charge in [0.05, 0.1) is 66.5 Å². The minimum atomic E-state index is -1.05. The maximum Gasteiger partial charge on any atom is 0.335 e. The second kappa shape index (κ2) is 28.5. The van der Waals surface area contributed by atoms with E-state index in [-0.39, 0.29) is 17.5 Å². The number of ether oxygens (including phenoxy) is 8. The number of aromatic carboxylic acids is 1. The monoisotopic (exact) mass is 970 g/mol. The predicted molar refractivity (Wildman–Crippen MR) is 272 cm³/mol. The zero-order valence-corrected chi connectivity index (χ0v) is 41.0. The lowest BCUT2D eigenvalue weighted by molar-refractivity contribution is 0.0162. The number of morpholine rings is 2. The van der Waals surface area contributed by atoms with Crippen molar-refractivity contribution >= 4 is 11.9 Å². The molecular weight excluding hydrogens is 905 g/mol. The summed E-state index contributed by atoms with van der Waals surface area (Å²) in [4.78, 5) is 29.0. The molecule has 0 aliphatic carbocycles. The Hall–Kier alpha value is -7.14. The molecule has 8 rings (SSSR count). The van der Waals surface area contributed by atoms with Crippen LogP contribution in [-0.2, 0) is 22.7 Å². The fourth-order valence-electron chi connectivity index (χ4n) is 8.13. The Morgan fingerprint density at radius 1 is 0.549 bits per heavy atom. The van der Waals surface area contributed by atoms with Gasteiger partial charge in [-0.25, -0.2) is 4.79 Å². The number of carboxylic acid groups (broad SMARTS) is 1. The zero-order valence-electron chi connectivity index (χ0n) is 41.0. The normalized spacial score (nSPS) is 14.4. The molecule has 2 heterocycles. The van der Waals surface area contributed by atoms with Gasteiger partial charge >= 0.3 is 5.97 Å². The van der Waals surface area contributed by atoms with Crippen LogP contribution in [0.2, 0.25) is 0 Å². The van der Waals surface area contributed by atoms with Gasteiger partial charge in [-0.3, -0.25) is 14.6 Å². The van der Waals surface area contributed by atoms with Crippen LogP contribution < -0.4 is 39.5 Å². The van der Waals surface area contributed by atoms with E-state index in [1.807, 2.05) is 84.9 Å². The van der Waals surface area contributed by atoms with Crippen LogP contribution in [0.3, 0.4) is 0 Å². The Balaban J connectivity index is 0.000000193. The molecule has 71 heavy (non-hydrogen) atoms. The van der Waals surface area contributed by atoms with E-state index >= 15 is 0 Å². The number of nitrogens with zero attached hydrogens (tertiary/aromatic N) is 2. The highest BCUT2D eigenvalue weighted by Crippen LogP contribution is 2.40. The molecule has 2 unspecified atom stereocenters. The van der Waals surface area contributed by atoms with Crippen molar-refractivity contribution in [1.29, 1.82) is 0 Å². The van der Waals surface area contributed by atoms with E-state index in [1.165, 1.54) is 31.9 Å². The highest BCUT2D eigenvalue weighted by atomic mass is 16.5. The summed E-state index contributed by atoms with van der Waals surface area (Å²) in [5.74, 6) is 1.12. The predicted octanol–water partition coefficient (Wildman–Crippen LogP) is 8.09. The van der Waals surface area contributed by atoms with E-state index in [4.69, 9.17) is 48.7 Å². The maximum atomic E-state index is 13.2. The first-order chi connectivity index (χ1) is 34.8. The van der Waals surface area contributed by atoms with E-state index < -0.39 is 5.97 Å². The minimum Gasteiger partial charge on any atom is -0.493 e. The molecule has 6 aromatic carbocycles. The van der Waals surface area contributed by atoms with Gasteiger partial charge in [-0.2, -0.15) is 0 Å². The number of benzene rings is 6. The fraction of sp³-hybridized carbons (Fsp3) is 0.321. The number of methoxy groups -OCH3 is 4. The van der Waals surface area contributed by atoms with Gasteiger partial charge in [-0.15, -0.1) is 0 Å². The van der Waals surface area contributed by atoms with Gasteiger partial charge in [0.1, 0.15) is 13.2 Å². The van der Waals surface area contributed by atoms with Gasteiger partial charge in [-0.05, 0) is 46.5 Å². The third kappa shape index (κ3) is 15.7. The van der Waals surface area contributed by atoms with Crippen LogP contribution in [0.4, 0.5) is 0 Å². The van der Waals surface area contributed by atoms with E-state index in [0.717, 1.165) is 56.1 Å². The topological polar surface area (TPSA) is 173 Å². The molecule has 15 nitrogen and oxygen atoms in total. The number of rotatable bonds is 19. The summed E-state index contributed by atoms with van der Waals surface area (Å²) in [6.07, 6.45) is 0. The van der Waals surface area contributed by atoms with Crippen molar-refractivity contribution in [3.63, 3.8) is 0 Å². The maximum absolute atomic E-state index is 13.2. The van der Waals surface area contributed by atoms with E-state index in [1.54, 1.807) is 26.4 Å². The number of hydrogen-bond acceptors (Lipinski definition) is 13. The van der Waals surface area contributed by atoms with Crippen molar-refractivity contribution in [3.8, 4) is 34.5 Å². The third-order valence-corrected chi connectivity index (χ3v) is 11.9. The van der Waals surface area contributed by atoms with Crippen molar-refractivity contribution < 1.29 is 52.6 Å². The number of carbonyl (C=O) groups excluding carboxylic acids is 1. The molecule has 0 bridgehead atoms. The molecule has 4 N–H and O–H groups in total. The van der Waals surface area contributed by atoms with Crippen molar-refractivity contribution in [2.75, 3.05) is 94.1 Å². The van der Waals surface area contributed by atoms with Crippen LogP contribution in [0.5, 0.6) is 34.5 Å². The van der Waals surface area contributed by atoms with Crippen molar-refractivity contribution in [2.24, 2.45) is 5.73 Å². The van der Waals surface area contributed by atoms with Crippen LogP contribution in [0.25, 0.3) is 0 Å². The lowest BCUT2D eigenvalue weighted by Gasteiger charge is -2.35. The average molecular weight is 971 g/mol. The Labute approximate surface area is 416 Å². The van der Waals surface area contributed by atoms with Crippen molar-refractivity contribution in [2.45, 2.75) is 25.3 Å². The Bertz CT molecular complexity index is 2460. The summed E-state index contributed by atoms with van der Waals surface area (Å²) in [6, 6.07) is 46.8. The second-order valence-electron chi connectivity index (χ2n) is 16.4. The zero-order chi connectivity index (χ0) is 50.2. The van der Waals surface area contributed by atoms with Crippen LogP contribution in [0.15, 0.2) is 146 Å². The number of amides is 1. The van der Waals surface area contributed by atoms with Gasteiger partial charge in [0.2, 0.25) is 11.5 Å². The molecule has 2 atom stereocenters. The molecule has 6 aromatic rings. The Morgan fingerprint density at radius 3 is 1.27 bits per heavy atom. The molecule has 0 radical (unpaired) electrons. The average Bonchev–Trinajstić information content (AvgIpc) is 3.43. The van der Waals surface area contributed by atoms with Crippen LogP contribution in [-0.4, -0.2) is 121 Å². The van der Waals surface area contributed by atoms with E-state index in [9.17, 15) is 9.59 Å². The molecule has 0 spiro atoms. The lowest BCUT2D eigenvalue weighted by Crippen LogP contribution is -2.43. The van der Waals surface area contributed by atoms with Crippen LogP contribution >= 0.6 is 0 Å². The number of hydrogen-bond donors (Lipinski definition) is 3. The van der Waals surface area contributed by atoms with Crippen molar-refractivity contribution in [1.82, 2.24) is 15.1 Å². The molecule has 2 fully saturated rings. The lowest BCUT2D eigenvalue weighted by atomic mass is 10.0. The van der Waals surface area contributed by atoms with Gasteiger partial charge < -0.3 is 54.1 Å². The SMILES string of the molecule is COc1cc(C(=O)NCC(c2ccccc2)N2CCOCC2)cc(OC)c1OCc1ccccc1.COc1cc(C(=O)O)cc(OC)c1OCc1ccccc1.NCC(c1ccccc1)N1CCOCC1. The highest BCUT2D eigenvalue weighted by molar-refractivity contribution is 5.95. The molecular formula is C56H66N4O11. The first kappa shape index (κ1) is 53.2. The van der Waals surface area contributed by atoms with Gasteiger partial charge in [0.15, 0.2) is 23.0 Å². The number of carboxylic acids is 1. The molecule has 15 heteroatoms. The highest BCUT2D eigenvalue weighted by Gasteiger charge is 2.25. The minimum absolute atomic E-state index is 0.0568. The van der Waals surface area contributed by atoms with Crippen LogP contribution in [0.1, 0.15) is 55.1 Å². The molecule has 0 saturated carbocycles. The molecule has 2 aliphatic rings. The first-order valence-electron chi connectivity index (χ1n) is 23.6. The summed E-state index contributed by atoms with van der Waals surface area (Å²) in [5, 5.41) is 12.2. The summed E-state index contributed by atoms with van der Waals surface area (Å²) in [6.45, 7) is 8.47. The molecule has 1 amide bonds. The summed E-state index contributed by atoms with van der Waals surface area (Å²) >= 11 is 0. The Kier molecular flexibility index (Phi) is 21.4. The second-order valence-corrected chi connectivity index (χ2v) is 16.4. The number of carbonyl (C=O) groups is 2. The van der Waals surface area contributed by atoms with Crippen molar-refractivity contribution in [3.05, 3.63) is 179 Å². The third-order valence-electron chi connectivity index (χ3n) is 11.9. The number of nitrogens with one attached hydrogen (secondary N) is 1. The summed E-state index contributed by atoms with van der Waals surface area (Å²) in [7, 11) is 6.01. The largest absolute Gasteiger partial charge is 0.493 e. The molecule has 0 aromatic heterocycles. The molecule has 376 valence electrons. The quantitative estimate of drug-likeness (QED) is 0.0711. The molecule has 2 aliphatic heterocycles. The fourth-order valence-corrected chi connectivity index (χ4v) is 8.13. The summed E-state index contributed by atoms with van der Waals surface area (Å²) < 4.78 is 44.1. The first-order valence-corrected chi connectivity index (χ1v) is 23.6. The van der Waals surface area contributed by atoms with Gasteiger partial charge in [0, 0.05) is 50.9 Å². The molecule has 2 saturated heterocycles. The smallest absolute Gasteiger partial charge is 0.335 e. The van der Waals surface area contributed by atoms with Gasteiger partial charge in [-0.1, -0.05) is 121 Å². The van der Waals surface area contributed by atoms with Crippen LogP contribution in [0, 0.1) is 0 Å². The standard InChI is InChI=1S/C28H32N2O5.C16H16O5.C12H18N2O/c1-32-25-17-23(18-26(33-2)27(25)35-20-21-9-5-3-6-10-21)28(31)29-19-24(22-11-7-4-8-12-22)30-13-15-34-16-14-30;1-19-13-8-12(16(17)18)9-14(20-2)15(13)21-10-11-6-4-3-5-7-11;13-10-12(11-4-2-1-3-5-11)14-6-8-15-9-7-14/h3-12,17-18,24H,13-16,19-20H2,1-2H3,(H,29,31);3-9H,10H2,1-2H3,(H,17,18);1-5,12H,6-10,13H2. The van der Waals surface area contributed by atoms with E-state index in [2.05, 4.69) is 51.5 Å². The van der Waals surface area contributed by atoms with Gasteiger partial charge in [0.25, 0.3) is 5.91 Å². The summed E-state index contributed by atoms with van der Waals surface area (Å²) in [5.41, 5.74) is 10.9.